The number of fused-ring (bicyclic) bond motifs is 1. The first kappa shape index (κ1) is 23.3. The Hall–Kier alpha value is -3.45. The number of carbonyl (C=O) groups is 2. The minimum Gasteiger partial charge on any atom is -0.484 e. The highest BCUT2D eigenvalue weighted by Gasteiger charge is 2.31. The molecule has 5 rings (SSSR count). The van der Waals surface area contributed by atoms with Crippen molar-refractivity contribution in [1.82, 2.24) is 19.4 Å². The molecule has 1 fully saturated rings. The van der Waals surface area contributed by atoms with Gasteiger partial charge in [0.05, 0.1) is 0 Å². The van der Waals surface area contributed by atoms with Crippen molar-refractivity contribution in [2.45, 2.75) is 31.9 Å². The number of hydrogen-bond donors (Lipinski definition) is 0. The fourth-order valence-corrected chi connectivity index (χ4v) is 5.11. The van der Waals surface area contributed by atoms with Crippen LogP contribution in [0, 0.1) is 5.92 Å². The summed E-state index contributed by atoms with van der Waals surface area (Å²) in [7, 11) is 1.83. The van der Waals surface area contributed by atoms with E-state index >= 15 is 0 Å². The SMILES string of the molecule is Cn1ccnc1C(=O)[C@H]1CCCN(C(=O)CCN2Cc3ccccc3O[C@H](c3ccccc3)C2)C1. The van der Waals surface area contributed by atoms with Gasteiger partial charge >= 0.3 is 0 Å². The molecule has 0 aliphatic carbocycles. The Morgan fingerprint density at radius 2 is 1.86 bits per heavy atom. The molecule has 2 atom stereocenters. The summed E-state index contributed by atoms with van der Waals surface area (Å²) in [5, 5.41) is 0. The predicted molar refractivity (Wildman–Crippen MR) is 133 cm³/mol. The number of aryl methyl sites for hydroxylation is 1. The van der Waals surface area contributed by atoms with Crippen LogP contribution in [0.4, 0.5) is 0 Å². The molecule has 0 bridgehead atoms. The molecule has 0 radical (unpaired) electrons. The highest BCUT2D eigenvalue weighted by atomic mass is 16.5. The third-order valence-corrected chi connectivity index (χ3v) is 7.06. The number of imidazole rings is 1. The Morgan fingerprint density at radius 3 is 2.66 bits per heavy atom. The van der Waals surface area contributed by atoms with Crippen molar-refractivity contribution in [3.63, 3.8) is 0 Å². The lowest BCUT2D eigenvalue weighted by Crippen LogP contribution is -2.43. The van der Waals surface area contributed by atoms with Crippen molar-refractivity contribution in [3.05, 3.63) is 83.9 Å². The molecule has 1 amide bonds. The summed E-state index contributed by atoms with van der Waals surface area (Å²) < 4.78 is 8.15. The third-order valence-electron chi connectivity index (χ3n) is 7.06. The third kappa shape index (κ3) is 5.30. The Balaban J connectivity index is 1.23. The van der Waals surface area contributed by atoms with Crippen molar-refractivity contribution >= 4 is 11.7 Å². The van der Waals surface area contributed by atoms with Crippen LogP contribution in [0.2, 0.25) is 0 Å². The van der Waals surface area contributed by atoms with Crippen molar-refractivity contribution in [3.8, 4) is 5.75 Å². The largest absolute Gasteiger partial charge is 0.484 e. The molecule has 3 heterocycles. The number of para-hydroxylation sites is 1. The number of benzene rings is 2. The van der Waals surface area contributed by atoms with Crippen LogP contribution in [0.5, 0.6) is 5.75 Å². The van der Waals surface area contributed by atoms with E-state index in [0.29, 0.717) is 38.4 Å². The number of carbonyl (C=O) groups excluding carboxylic acids is 2. The number of likely N-dealkylation sites (tertiary alicyclic amines) is 1. The van der Waals surface area contributed by atoms with E-state index in [1.165, 1.54) is 0 Å². The van der Waals surface area contributed by atoms with Gasteiger partial charge in [-0.2, -0.15) is 0 Å². The Bertz CT molecular complexity index is 1180. The number of Topliss-reactive ketones (excluding diaryl/α,β-unsaturated/α-hetero) is 1. The molecule has 0 unspecified atom stereocenters. The summed E-state index contributed by atoms with van der Waals surface area (Å²) in [6.45, 7) is 3.29. The minimum absolute atomic E-state index is 0.0296. The molecule has 1 saturated heterocycles. The lowest BCUT2D eigenvalue weighted by Gasteiger charge is -2.32. The van der Waals surface area contributed by atoms with Crippen LogP contribution >= 0.6 is 0 Å². The van der Waals surface area contributed by atoms with Crippen LogP contribution in [-0.4, -0.2) is 57.2 Å². The zero-order chi connectivity index (χ0) is 24.2. The van der Waals surface area contributed by atoms with E-state index in [1.54, 1.807) is 17.0 Å². The van der Waals surface area contributed by atoms with Gasteiger partial charge < -0.3 is 14.2 Å². The fourth-order valence-electron chi connectivity index (χ4n) is 5.11. The van der Waals surface area contributed by atoms with E-state index in [0.717, 1.165) is 36.3 Å². The number of ketones is 1. The van der Waals surface area contributed by atoms with Gasteiger partial charge in [0.25, 0.3) is 0 Å². The van der Waals surface area contributed by atoms with Crippen molar-refractivity contribution in [2.75, 3.05) is 26.2 Å². The molecule has 2 aromatic carbocycles. The van der Waals surface area contributed by atoms with E-state index in [1.807, 2.05) is 48.3 Å². The highest BCUT2D eigenvalue weighted by Crippen LogP contribution is 2.31. The van der Waals surface area contributed by atoms with E-state index in [9.17, 15) is 9.59 Å². The zero-order valence-electron chi connectivity index (χ0n) is 20.2. The molecular weight excluding hydrogens is 440 g/mol. The van der Waals surface area contributed by atoms with Crippen LogP contribution in [-0.2, 0) is 18.4 Å². The van der Waals surface area contributed by atoms with Crippen molar-refractivity contribution < 1.29 is 14.3 Å². The molecular formula is C28H32N4O3. The normalized spacial score (nSPS) is 20.5. The molecule has 7 nitrogen and oxygen atoms in total. The standard InChI is InChI=1S/C28H32N4O3/c1-30-17-14-29-28(30)27(34)23-11-7-15-32(19-23)26(33)13-16-31-18-22-10-5-6-12-24(22)35-25(20-31)21-8-3-2-4-9-21/h2-6,8-10,12,14,17,23,25H,7,11,13,15-16,18-20H2,1H3/t23-,25-/m0/s1. The summed E-state index contributed by atoms with van der Waals surface area (Å²) in [6, 6.07) is 18.4. The van der Waals surface area contributed by atoms with Gasteiger partial charge in [-0.05, 0) is 24.5 Å². The monoisotopic (exact) mass is 472 g/mol. The molecule has 0 N–H and O–H groups in total. The molecule has 2 aliphatic rings. The molecule has 0 spiro atoms. The molecule has 35 heavy (non-hydrogen) atoms. The molecule has 0 saturated carbocycles. The molecule has 182 valence electrons. The van der Waals surface area contributed by atoms with Gasteiger partial charge in [-0.1, -0.05) is 48.5 Å². The van der Waals surface area contributed by atoms with E-state index in [4.69, 9.17) is 4.74 Å². The van der Waals surface area contributed by atoms with Gasteiger partial charge in [0.2, 0.25) is 11.7 Å². The quantitative estimate of drug-likeness (QED) is 0.510. The fraction of sp³-hybridized carbons (Fsp3) is 0.393. The van der Waals surface area contributed by atoms with Crippen LogP contribution in [0.25, 0.3) is 0 Å². The molecule has 1 aromatic heterocycles. The second-order valence-electron chi connectivity index (χ2n) is 9.51. The first-order valence-electron chi connectivity index (χ1n) is 12.4. The van der Waals surface area contributed by atoms with Crippen LogP contribution in [0.3, 0.4) is 0 Å². The number of amides is 1. The highest BCUT2D eigenvalue weighted by molar-refractivity contribution is 5.95. The maximum absolute atomic E-state index is 13.2. The average Bonchev–Trinajstić information content (AvgIpc) is 3.23. The summed E-state index contributed by atoms with van der Waals surface area (Å²) >= 11 is 0. The topological polar surface area (TPSA) is 67.7 Å². The smallest absolute Gasteiger partial charge is 0.223 e. The van der Waals surface area contributed by atoms with Crippen LogP contribution in [0.15, 0.2) is 67.0 Å². The van der Waals surface area contributed by atoms with Gasteiger partial charge in [-0.3, -0.25) is 14.5 Å². The molecule has 7 heteroatoms. The number of ether oxygens (including phenoxy) is 1. The number of nitrogens with zero attached hydrogens (tertiary/aromatic N) is 4. The zero-order valence-corrected chi connectivity index (χ0v) is 20.2. The summed E-state index contributed by atoms with van der Waals surface area (Å²) in [5.41, 5.74) is 2.27. The van der Waals surface area contributed by atoms with E-state index in [2.05, 4.69) is 28.1 Å². The van der Waals surface area contributed by atoms with Crippen molar-refractivity contribution in [1.29, 1.82) is 0 Å². The van der Waals surface area contributed by atoms with Gasteiger partial charge in [0.15, 0.2) is 5.82 Å². The van der Waals surface area contributed by atoms with Gasteiger partial charge in [-0.15, -0.1) is 0 Å². The van der Waals surface area contributed by atoms with Crippen molar-refractivity contribution in [2.24, 2.45) is 13.0 Å². The Labute approximate surface area is 206 Å². The van der Waals surface area contributed by atoms with Crippen LogP contribution < -0.4 is 4.74 Å². The lowest BCUT2D eigenvalue weighted by atomic mass is 9.93. The average molecular weight is 473 g/mol. The Morgan fingerprint density at radius 1 is 1.06 bits per heavy atom. The maximum Gasteiger partial charge on any atom is 0.223 e. The number of aromatic nitrogens is 2. The maximum atomic E-state index is 13.2. The van der Waals surface area contributed by atoms with Gasteiger partial charge in [-0.25, -0.2) is 4.98 Å². The summed E-state index contributed by atoms with van der Waals surface area (Å²) in [5.74, 6) is 1.33. The molecule has 2 aliphatic heterocycles. The Kier molecular flexibility index (Phi) is 6.95. The van der Waals surface area contributed by atoms with E-state index < -0.39 is 0 Å². The van der Waals surface area contributed by atoms with Gasteiger partial charge in [0, 0.05) is 70.1 Å². The van der Waals surface area contributed by atoms with Gasteiger partial charge in [0.1, 0.15) is 11.9 Å². The minimum atomic E-state index is -0.185. The predicted octanol–water partition coefficient (Wildman–Crippen LogP) is 3.87. The summed E-state index contributed by atoms with van der Waals surface area (Å²) in [4.78, 5) is 34.5. The lowest BCUT2D eigenvalue weighted by molar-refractivity contribution is -0.133. The van der Waals surface area contributed by atoms with Crippen LogP contribution in [0.1, 0.15) is 47.1 Å². The number of piperidine rings is 1. The first-order valence-corrected chi connectivity index (χ1v) is 12.4. The van der Waals surface area contributed by atoms with E-state index in [-0.39, 0.29) is 23.7 Å². The second-order valence-corrected chi connectivity index (χ2v) is 9.51. The number of rotatable bonds is 6. The molecule has 3 aromatic rings. The first-order chi connectivity index (χ1) is 17.1. The second kappa shape index (κ2) is 10.4. The summed E-state index contributed by atoms with van der Waals surface area (Å²) in [6.07, 6.45) is 5.40. The number of hydrogen-bond acceptors (Lipinski definition) is 5.